The molecule has 0 amide bonds. The molecule has 4 aliphatic carbocycles. The average Bonchev–Trinajstić information content (AvgIpc) is 3.42. The topological polar surface area (TPSA) is 86.7 Å². The maximum absolute atomic E-state index is 11.2. The van der Waals surface area contributed by atoms with E-state index in [4.69, 9.17) is 4.42 Å². The van der Waals surface area contributed by atoms with Gasteiger partial charge in [0.25, 0.3) is 0 Å². The summed E-state index contributed by atoms with van der Waals surface area (Å²) in [5.41, 5.74) is 3.15. The third-order valence-electron chi connectivity index (χ3n) is 10.4. The third kappa shape index (κ3) is 5.14. The molecule has 5 nitrogen and oxygen atoms in total. The molecule has 208 valence electrons. The van der Waals surface area contributed by atoms with E-state index in [0.717, 1.165) is 49.0 Å². The molecule has 0 aliphatic heterocycles. The Morgan fingerprint density at radius 1 is 1.18 bits per heavy atom. The van der Waals surface area contributed by atoms with Crippen LogP contribution in [0.1, 0.15) is 96.6 Å². The number of nitrogens with zero attached hydrogens (tertiary/aromatic N) is 1. The van der Waals surface area contributed by atoms with E-state index in [-0.39, 0.29) is 10.8 Å². The molecular weight excluding hydrogens is 474 g/mol. The molecule has 1 aromatic heterocycles. The smallest absolute Gasteiger partial charge is 0.203 e. The lowest BCUT2D eigenvalue weighted by Crippen LogP contribution is -2.35. The highest BCUT2D eigenvalue weighted by molar-refractivity contribution is 5.38. The van der Waals surface area contributed by atoms with Crippen LogP contribution in [0.15, 0.2) is 58.2 Å². The first kappa shape index (κ1) is 27.6. The van der Waals surface area contributed by atoms with E-state index in [1.807, 2.05) is 12.3 Å². The Morgan fingerprint density at radius 3 is 2.71 bits per heavy atom. The van der Waals surface area contributed by atoms with Crippen molar-refractivity contribution in [1.82, 2.24) is 4.98 Å². The van der Waals surface area contributed by atoms with Crippen molar-refractivity contribution in [2.24, 2.45) is 23.2 Å². The molecule has 5 rings (SSSR count). The molecule has 0 saturated heterocycles. The molecule has 1 aromatic rings. The lowest BCUT2D eigenvalue weighted by molar-refractivity contribution is 0.0862. The van der Waals surface area contributed by atoms with Crippen LogP contribution >= 0.6 is 0 Å². The summed E-state index contributed by atoms with van der Waals surface area (Å²) in [6.07, 6.45) is 19.5. The van der Waals surface area contributed by atoms with Crippen molar-refractivity contribution < 1.29 is 19.7 Å². The average molecular weight is 522 g/mol. The van der Waals surface area contributed by atoms with E-state index in [1.165, 1.54) is 31.3 Å². The van der Waals surface area contributed by atoms with Gasteiger partial charge in [-0.2, -0.15) is 0 Å². The fourth-order valence-electron chi connectivity index (χ4n) is 7.88. The minimum Gasteiger partial charge on any atom is -0.445 e. The lowest BCUT2D eigenvalue weighted by Gasteiger charge is -2.44. The second kappa shape index (κ2) is 10.9. The van der Waals surface area contributed by atoms with Crippen LogP contribution in [-0.2, 0) is 11.8 Å². The van der Waals surface area contributed by atoms with Crippen LogP contribution in [-0.4, -0.2) is 38.6 Å². The van der Waals surface area contributed by atoms with Gasteiger partial charge in [0.15, 0.2) is 0 Å². The molecule has 0 radical (unpaired) electrons. The molecule has 3 N–H and O–H groups in total. The monoisotopic (exact) mass is 521 g/mol. The molecule has 4 aliphatic rings. The number of allylic oxidation sites excluding steroid dienone is 4. The molecule has 0 bridgehead atoms. The van der Waals surface area contributed by atoms with E-state index in [2.05, 4.69) is 50.6 Å². The number of rotatable bonds is 8. The van der Waals surface area contributed by atoms with Gasteiger partial charge in [0, 0.05) is 12.8 Å². The van der Waals surface area contributed by atoms with Crippen LogP contribution in [0.25, 0.3) is 0 Å². The summed E-state index contributed by atoms with van der Waals surface area (Å²) in [5, 5.41) is 31.5. The van der Waals surface area contributed by atoms with Crippen LogP contribution in [0, 0.1) is 23.2 Å². The van der Waals surface area contributed by atoms with Gasteiger partial charge in [0.2, 0.25) is 5.89 Å². The Morgan fingerprint density at radius 2 is 1.97 bits per heavy atom. The third-order valence-corrected chi connectivity index (χ3v) is 10.4. The van der Waals surface area contributed by atoms with Gasteiger partial charge in [0.1, 0.15) is 5.76 Å². The summed E-state index contributed by atoms with van der Waals surface area (Å²) in [6.45, 7) is 11.0. The van der Waals surface area contributed by atoms with Crippen molar-refractivity contribution >= 4 is 0 Å². The number of fused-ring (bicyclic) bond motifs is 1. The van der Waals surface area contributed by atoms with Gasteiger partial charge < -0.3 is 19.7 Å². The summed E-state index contributed by atoms with van der Waals surface area (Å²) in [6, 6.07) is 0. The number of aliphatic hydroxyl groups is 3. The maximum atomic E-state index is 11.2. The van der Waals surface area contributed by atoms with Crippen molar-refractivity contribution in [3.63, 3.8) is 0 Å². The highest BCUT2D eigenvalue weighted by atomic mass is 16.4. The van der Waals surface area contributed by atoms with Crippen LogP contribution in [0.3, 0.4) is 0 Å². The Bertz CT molecular complexity index is 1110. The van der Waals surface area contributed by atoms with Gasteiger partial charge in [-0.15, -0.1) is 0 Å². The largest absolute Gasteiger partial charge is 0.445 e. The predicted octanol–water partition coefficient (Wildman–Crippen LogP) is 6.35. The van der Waals surface area contributed by atoms with Crippen molar-refractivity contribution in [1.29, 1.82) is 0 Å². The zero-order valence-electron chi connectivity index (χ0n) is 23.5. The summed E-state index contributed by atoms with van der Waals surface area (Å²) in [7, 11) is 0. The summed E-state index contributed by atoms with van der Waals surface area (Å²) in [4.78, 5) is 4.53. The molecule has 0 spiro atoms. The Hall–Kier alpha value is -1.95. The molecule has 5 heteroatoms. The van der Waals surface area contributed by atoms with Crippen molar-refractivity contribution in [3.8, 4) is 0 Å². The van der Waals surface area contributed by atoms with Gasteiger partial charge in [-0.05, 0) is 92.1 Å². The van der Waals surface area contributed by atoms with E-state index in [9.17, 15) is 15.3 Å². The first-order valence-corrected chi connectivity index (χ1v) is 14.9. The second-order valence-corrected chi connectivity index (χ2v) is 12.9. The van der Waals surface area contributed by atoms with Crippen LogP contribution in [0.2, 0.25) is 0 Å². The first-order chi connectivity index (χ1) is 18.2. The molecule has 38 heavy (non-hydrogen) atoms. The zero-order chi connectivity index (χ0) is 27.1. The zero-order valence-corrected chi connectivity index (χ0v) is 23.5. The lowest BCUT2D eigenvalue weighted by atomic mass is 9.61. The van der Waals surface area contributed by atoms with Gasteiger partial charge in [-0.3, -0.25) is 0 Å². The molecule has 4 saturated carbocycles. The first-order valence-electron chi connectivity index (χ1n) is 14.9. The molecule has 0 unspecified atom stereocenters. The van der Waals surface area contributed by atoms with Crippen LogP contribution < -0.4 is 0 Å². The standard InChI is InChI=1S/C33H47NO4/c1-5-7-26-20-34-31(38-26)33(16-17-33)30(37)14-9-21(2)27-12-13-28-23(8-6-15-32(27,28)4)10-11-24-18-25(35)19-29(36)22(24)3/h9-11,14,20-21,25,27-30,35-37H,3,5-8,12-13,15-19H2,1-2,4H3/t21-,25+,27+,28-,29-,30+,32+/m0/s1. The van der Waals surface area contributed by atoms with Crippen molar-refractivity contribution in [2.45, 2.75) is 115 Å². The Kier molecular flexibility index (Phi) is 7.92. The number of hydrogen-bond acceptors (Lipinski definition) is 5. The minimum absolute atomic E-state index is 0.245. The number of aryl methyl sites for hydroxylation is 1. The molecule has 0 aromatic carbocycles. The normalized spacial score (nSPS) is 36.6. The number of aliphatic hydroxyl groups excluding tert-OH is 3. The van der Waals surface area contributed by atoms with E-state index in [0.29, 0.717) is 36.5 Å². The maximum Gasteiger partial charge on any atom is 0.203 e. The summed E-state index contributed by atoms with van der Waals surface area (Å²) in [5.74, 6) is 3.14. The molecule has 7 atom stereocenters. The molecular formula is C33H47NO4. The number of hydrogen-bond donors (Lipinski definition) is 3. The number of oxazole rings is 1. The van der Waals surface area contributed by atoms with Crippen LogP contribution in [0.5, 0.6) is 0 Å². The van der Waals surface area contributed by atoms with Crippen molar-refractivity contribution in [2.75, 3.05) is 0 Å². The second-order valence-electron chi connectivity index (χ2n) is 12.9. The SMILES string of the molecule is C=C1C(=CC=C2CCC[C@]3(C)[C@@H]([C@@H](C)C=C[C@@H](O)C4(c5ncc(CCC)o5)CC4)CC[C@@H]23)C[C@@H](O)C[C@@H]1O. The fraction of sp³-hybridized carbons (Fsp3) is 0.667. The highest BCUT2D eigenvalue weighted by Crippen LogP contribution is 2.60. The minimum atomic E-state index is -0.643. The highest BCUT2D eigenvalue weighted by Gasteiger charge is 2.54. The summed E-state index contributed by atoms with van der Waals surface area (Å²) < 4.78 is 6.01. The van der Waals surface area contributed by atoms with Gasteiger partial charge in [0.05, 0.1) is 29.9 Å². The number of aromatic nitrogens is 1. The molecule has 4 fully saturated rings. The predicted molar refractivity (Wildman–Crippen MR) is 150 cm³/mol. The fourth-order valence-corrected chi connectivity index (χ4v) is 7.88. The van der Waals surface area contributed by atoms with Gasteiger partial charge in [-0.25, -0.2) is 4.98 Å². The van der Waals surface area contributed by atoms with Crippen LogP contribution in [0.4, 0.5) is 0 Å². The van der Waals surface area contributed by atoms with E-state index in [1.54, 1.807) is 0 Å². The van der Waals surface area contributed by atoms with E-state index >= 15 is 0 Å². The Balaban J connectivity index is 1.27. The van der Waals surface area contributed by atoms with Gasteiger partial charge >= 0.3 is 0 Å². The van der Waals surface area contributed by atoms with Crippen molar-refractivity contribution in [3.05, 3.63) is 65.5 Å². The Labute approximate surface area is 228 Å². The quantitative estimate of drug-likeness (QED) is 0.347. The molecule has 1 heterocycles. The van der Waals surface area contributed by atoms with Gasteiger partial charge in [-0.1, -0.05) is 57.2 Å². The van der Waals surface area contributed by atoms with E-state index < -0.39 is 18.3 Å². The summed E-state index contributed by atoms with van der Waals surface area (Å²) >= 11 is 0.